The normalized spacial score (nSPS) is 12.5. The molecule has 1 atom stereocenters. The Hall–Kier alpha value is -2.42. The molecule has 0 saturated heterocycles. The van der Waals surface area contributed by atoms with Crippen molar-refractivity contribution in [1.82, 2.24) is 5.01 Å². The van der Waals surface area contributed by atoms with E-state index in [1.165, 1.54) is 12.1 Å². The van der Waals surface area contributed by atoms with Crippen LogP contribution in [0, 0.1) is 10.1 Å². The molecule has 0 aliphatic carbocycles. The van der Waals surface area contributed by atoms with Gasteiger partial charge in [0.05, 0.1) is 24.9 Å². The van der Waals surface area contributed by atoms with Gasteiger partial charge in [-0.25, -0.2) is 9.80 Å². The van der Waals surface area contributed by atoms with Crippen LogP contribution in [0.4, 0.5) is 10.7 Å². The molecule has 9 nitrogen and oxygen atoms in total. The molecule has 1 heterocycles. The second-order valence-corrected chi connectivity index (χ2v) is 4.39. The molecule has 0 aromatic carbocycles. The summed E-state index contributed by atoms with van der Waals surface area (Å²) in [5, 5.41) is 24.8. The predicted molar refractivity (Wildman–Crippen MR) is 74.8 cm³/mol. The van der Waals surface area contributed by atoms with Gasteiger partial charge in [0.15, 0.2) is 5.76 Å². The number of amides is 2. The molecule has 21 heavy (non-hydrogen) atoms. The molecule has 0 saturated carbocycles. The van der Waals surface area contributed by atoms with E-state index in [-0.39, 0.29) is 12.3 Å². The summed E-state index contributed by atoms with van der Waals surface area (Å²) in [5.74, 6) is -0.318. The van der Waals surface area contributed by atoms with Crippen molar-refractivity contribution >= 4 is 18.1 Å². The summed E-state index contributed by atoms with van der Waals surface area (Å²) in [7, 11) is 0. The van der Waals surface area contributed by atoms with Crippen LogP contribution in [0.5, 0.6) is 0 Å². The van der Waals surface area contributed by atoms with Crippen molar-refractivity contribution in [1.29, 1.82) is 0 Å². The van der Waals surface area contributed by atoms with E-state index >= 15 is 0 Å². The fraction of sp³-hybridized carbons (Fsp3) is 0.500. The second kappa shape index (κ2) is 8.00. The maximum atomic E-state index is 11.2. The lowest BCUT2D eigenvalue weighted by Crippen LogP contribution is -2.37. The van der Waals surface area contributed by atoms with E-state index in [1.807, 2.05) is 6.92 Å². The zero-order chi connectivity index (χ0) is 15.8. The first-order chi connectivity index (χ1) is 9.93. The van der Waals surface area contributed by atoms with Crippen LogP contribution in [-0.2, 0) is 0 Å². The highest BCUT2D eigenvalue weighted by molar-refractivity contribution is 5.79. The van der Waals surface area contributed by atoms with Crippen LogP contribution in [0.2, 0.25) is 0 Å². The average Bonchev–Trinajstić information content (AvgIpc) is 2.89. The lowest BCUT2D eigenvalue weighted by atomic mass is 10.1. The van der Waals surface area contributed by atoms with E-state index in [4.69, 9.17) is 10.2 Å². The van der Waals surface area contributed by atoms with Crippen molar-refractivity contribution in [3.8, 4) is 0 Å². The average molecular weight is 298 g/mol. The van der Waals surface area contributed by atoms with E-state index in [1.54, 1.807) is 0 Å². The van der Waals surface area contributed by atoms with Crippen LogP contribution < -0.4 is 5.73 Å². The number of nitro groups is 1. The molecule has 0 bridgehead atoms. The van der Waals surface area contributed by atoms with Crippen LogP contribution in [0.25, 0.3) is 0 Å². The number of aliphatic hydroxyl groups excluding tert-OH is 1. The van der Waals surface area contributed by atoms with Crippen molar-refractivity contribution in [2.45, 2.75) is 32.3 Å². The van der Waals surface area contributed by atoms with Gasteiger partial charge in [-0.2, -0.15) is 5.10 Å². The monoisotopic (exact) mass is 298 g/mol. The third kappa shape index (κ3) is 5.61. The quantitative estimate of drug-likeness (QED) is 0.425. The molecule has 1 rings (SSSR count). The Morgan fingerprint density at radius 1 is 1.67 bits per heavy atom. The van der Waals surface area contributed by atoms with Gasteiger partial charge in [0, 0.05) is 0 Å². The molecule has 0 spiro atoms. The minimum Gasteiger partial charge on any atom is -0.400 e. The number of hydrogen-bond donors (Lipinski definition) is 2. The number of carbonyl (C=O) groups is 1. The van der Waals surface area contributed by atoms with E-state index in [0.29, 0.717) is 6.42 Å². The molecule has 0 aliphatic heterocycles. The van der Waals surface area contributed by atoms with Gasteiger partial charge in [0.1, 0.15) is 4.92 Å². The standard InChI is InChI=1S/C12H18N4O5/c1-2-3-4-9(17)8-15(12(13)18)14-7-10-5-6-11(21-10)16(19)20/h5-7,9,17H,2-4,8H2,1H3,(H2,13,18)/b14-7-/t9-/m1/s1. The number of furan rings is 1. The van der Waals surface area contributed by atoms with Gasteiger partial charge in [-0.3, -0.25) is 10.1 Å². The van der Waals surface area contributed by atoms with Gasteiger partial charge in [0.2, 0.25) is 0 Å². The Kier molecular flexibility index (Phi) is 6.34. The Labute approximate surface area is 121 Å². The van der Waals surface area contributed by atoms with Gasteiger partial charge < -0.3 is 15.3 Å². The van der Waals surface area contributed by atoms with Crippen LogP contribution in [0.1, 0.15) is 31.9 Å². The van der Waals surface area contributed by atoms with Crippen LogP contribution in [0.15, 0.2) is 21.7 Å². The molecular weight excluding hydrogens is 280 g/mol. The van der Waals surface area contributed by atoms with Crippen LogP contribution >= 0.6 is 0 Å². The highest BCUT2D eigenvalue weighted by Crippen LogP contribution is 2.14. The third-order valence-corrected chi connectivity index (χ3v) is 2.65. The lowest BCUT2D eigenvalue weighted by molar-refractivity contribution is -0.402. The van der Waals surface area contributed by atoms with Gasteiger partial charge in [0.25, 0.3) is 0 Å². The van der Waals surface area contributed by atoms with Crippen molar-refractivity contribution in [2.75, 3.05) is 6.54 Å². The first-order valence-corrected chi connectivity index (χ1v) is 6.47. The third-order valence-electron chi connectivity index (χ3n) is 2.65. The van der Waals surface area contributed by atoms with Crippen molar-refractivity contribution in [3.63, 3.8) is 0 Å². The predicted octanol–water partition coefficient (Wildman–Crippen LogP) is 1.45. The fourth-order valence-electron chi connectivity index (χ4n) is 1.56. The van der Waals surface area contributed by atoms with Crippen molar-refractivity contribution in [2.24, 2.45) is 10.8 Å². The number of aliphatic hydroxyl groups is 1. The molecule has 1 aromatic rings. The second-order valence-electron chi connectivity index (χ2n) is 4.39. The lowest BCUT2D eigenvalue weighted by Gasteiger charge is -2.18. The summed E-state index contributed by atoms with van der Waals surface area (Å²) in [6.07, 6.45) is 2.67. The number of hydrogen-bond acceptors (Lipinski definition) is 6. The largest absolute Gasteiger partial charge is 0.433 e. The summed E-state index contributed by atoms with van der Waals surface area (Å²) >= 11 is 0. The first-order valence-electron chi connectivity index (χ1n) is 6.47. The summed E-state index contributed by atoms with van der Waals surface area (Å²) in [4.78, 5) is 21.0. The molecule has 9 heteroatoms. The zero-order valence-electron chi connectivity index (χ0n) is 11.6. The van der Waals surface area contributed by atoms with Gasteiger partial charge in [-0.1, -0.05) is 19.8 Å². The Bertz CT molecular complexity index is 514. The van der Waals surface area contributed by atoms with Crippen LogP contribution in [-0.4, -0.2) is 39.9 Å². The highest BCUT2D eigenvalue weighted by atomic mass is 16.6. The number of carbonyl (C=O) groups excluding carboxylic acids is 1. The minimum absolute atomic E-state index is 0.0470. The molecule has 0 aliphatic rings. The Morgan fingerprint density at radius 2 is 2.38 bits per heavy atom. The van der Waals surface area contributed by atoms with Gasteiger partial charge in [-0.05, 0) is 12.5 Å². The number of primary amides is 1. The molecule has 2 amide bonds. The van der Waals surface area contributed by atoms with E-state index in [0.717, 1.165) is 24.1 Å². The van der Waals surface area contributed by atoms with Crippen molar-refractivity contribution < 1.29 is 19.2 Å². The Balaban J connectivity index is 2.66. The highest BCUT2D eigenvalue weighted by Gasteiger charge is 2.15. The first kappa shape index (κ1) is 16.6. The van der Waals surface area contributed by atoms with E-state index < -0.39 is 22.9 Å². The van der Waals surface area contributed by atoms with Crippen molar-refractivity contribution in [3.05, 3.63) is 28.0 Å². The zero-order valence-corrected chi connectivity index (χ0v) is 11.6. The SMILES string of the molecule is CCCC[C@@H](O)CN(/N=C\c1ccc([N+](=O)[O-])o1)C(N)=O. The summed E-state index contributed by atoms with van der Waals surface area (Å²) in [6.45, 7) is 1.94. The molecule has 0 fully saturated rings. The molecule has 116 valence electrons. The number of nitrogens with zero attached hydrogens (tertiary/aromatic N) is 3. The molecule has 0 unspecified atom stereocenters. The maximum absolute atomic E-state index is 11.2. The maximum Gasteiger partial charge on any atom is 0.433 e. The summed E-state index contributed by atoms with van der Waals surface area (Å²) in [6, 6.07) is 1.68. The molecule has 0 radical (unpaired) electrons. The van der Waals surface area contributed by atoms with Gasteiger partial charge >= 0.3 is 11.9 Å². The Morgan fingerprint density at radius 3 is 2.90 bits per heavy atom. The van der Waals surface area contributed by atoms with E-state index in [9.17, 15) is 20.0 Å². The number of unbranched alkanes of at least 4 members (excludes halogenated alkanes) is 1. The fourth-order valence-corrected chi connectivity index (χ4v) is 1.56. The van der Waals surface area contributed by atoms with Gasteiger partial charge in [-0.15, -0.1) is 0 Å². The number of urea groups is 1. The number of hydrazone groups is 1. The number of nitrogens with two attached hydrogens (primary N) is 1. The summed E-state index contributed by atoms with van der Waals surface area (Å²) < 4.78 is 4.86. The molecule has 3 N–H and O–H groups in total. The number of rotatable bonds is 8. The summed E-state index contributed by atoms with van der Waals surface area (Å²) in [5.41, 5.74) is 5.15. The minimum atomic E-state index is -0.831. The van der Waals surface area contributed by atoms with Crippen LogP contribution in [0.3, 0.4) is 0 Å². The molecule has 1 aromatic heterocycles. The topological polar surface area (TPSA) is 135 Å². The molecular formula is C12H18N4O5. The van der Waals surface area contributed by atoms with E-state index in [2.05, 4.69) is 5.10 Å². The smallest absolute Gasteiger partial charge is 0.400 e.